The number of nitrogens with zero attached hydrogens (tertiary/aromatic N) is 1. The van der Waals surface area contributed by atoms with Gasteiger partial charge >= 0.3 is 0 Å². The zero-order valence-electron chi connectivity index (χ0n) is 6.60. The SMILES string of the molecule is CN(C)[C@H]1CCNC[C@H]1F. The van der Waals surface area contributed by atoms with Gasteiger partial charge in [-0.15, -0.1) is 0 Å². The normalized spacial score (nSPS) is 34.8. The minimum absolute atomic E-state index is 0.126. The van der Waals surface area contributed by atoms with Crippen molar-refractivity contribution in [3.63, 3.8) is 0 Å². The Bertz CT molecular complexity index is 106. The van der Waals surface area contributed by atoms with Crippen LogP contribution in [0.2, 0.25) is 0 Å². The van der Waals surface area contributed by atoms with Crippen molar-refractivity contribution in [2.45, 2.75) is 18.6 Å². The lowest BCUT2D eigenvalue weighted by Gasteiger charge is -2.31. The molecule has 0 aromatic heterocycles. The van der Waals surface area contributed by atoms with Crippen LogP contribution in [0.3, 0.4) is 0 Å². The van der Waals surface area contributed by atoms with E-state index in [1.807, 2.05) is 19.0 Å². The van der Waals surface area contributed by atoms with Gasteiger partial charge in [-0.1, -0.05) is 0 Å². The van der Waals surface area contributed by atoms with Crippen LogP contribution >= 0.6 is 0 Å². The summed E-state index contributed by atoms with van der Waals surface area (Å²) in [5, 5.41) is 3.02. The van der Waals surface area contributed by atoms with Gasteiger partial charge in [0.1, 0.15) is 6.17 Å². The molecule has 2 nitrogen and oxygen atoms in total. The summed E-state index contributed by atoms with van der Waals surface area (Å²) < 4.78 is 13.0. The molecule has 1 fully saturated rings. The summed E-state index contributed by atoms with van der Waals surface area (Å²) >= 11 is 0. The van der Waals surface area contributed by atoms with E-state index in [9.17, 15) is 4.39 Å². The number of hydrogen-bond donors (Lipinski definition) is 1. The van der Waals surface area contributed by atoms with Crippen LogP contribution in [0.25, 0.3) is 0 Å². The van der Waals surface area contributed by atoms with Crippen LogP contribution in [-0.2, 0) is 0 Å². The molecule has 60 valence electrons. The molecule has 2 atom stereocenters. The van der Waals surface area contributed by atoms with Crippen molar-refractivity contribution in [2.75, 3.05) is 27.2 Å². The fourth-order valence-electron chi connectivity index (χ4n) is 1.39. The third kappa shape index (κ3) is 1.67. The molecule has 0 aromatic carbocycles. The van der Waals surface area contributed by atoms with Gasteiger partial charge in [0.15, 0.2) is 0 Å². The summed E-state index contributed by atoms with van der Waals surface area (Å²) in [6.45, 7) is 1.46. The van der Waals surface area contributed by atoms with Gasteiger partial charge in [-0.3, -0.25) is 0 Å². The lowest BCUT2D eigenvalue weighted by Crippen LogP contribution is -2.48. The maximum atomic E-state index is 13.0. The maximum Gasteiger partial charge on any atom is 0.128 e. The lowest BCUT2D eigenvalue weighted by molar-refractivity contribution is 0.125. The molecule has 1 aliphatic rings. The highest BCUT2D eigenvalue weighted by Gasteiger charge is 2.25. The van der Waals surface area contributed by atoms with Crippen molar-refractivity contribution < 1.29 is 4.39 Å². The van der Waals surface area contributed by atoms with E-state index < -0.39 is 6.17 Å². The van der Waals surface area contributed by atoms with Crippen LogP contribution in [-0.4, -0.2) is 44.3 Å². The highest BCUT2D eigenvalue weighted by molar-refractivity contribution is 4.82. The lowest BCUT2D eigenvalue weighted by atomic mass is 10.0. The number of hydrogen-bond acceptors (Lipinski definition) is 2. The Morgan fingerprint density at radius 2 is 2.20 bits per heavy atom. The number of piperidine rings is 1. The molecule has 1 N–H and O–H groups in total. The van der Waals surface area contributed by atoms with Gasteiger partial charge < -0.3 is 10.2 Å². The Kier molecular flexibility index (Phi) is 2.63. The van der Waals surface area contributed by atoms with Gasteiger partial charge in [0, 0.05) is 12.6 Å². The van der Waals surface area contributed by atoms with Crippen molar-refractivity contribution in [2.24, 2.45) is 0 Å². The first-order chi connectivity index (χ1) is 4.72. The van der Waals surface area contributed by atoms with Crippen LogP contribution in [0.15, 0.2) is 0 Å². The van der Waals surface area contributed by atoms with Gasteiger partial charge in [-0.25, -0.2) is 4.39 Å². The van der Waals surface area contributed by atoms with Crippen molar-refractivity contribution in [3.8, 4) is 0 Å². The number of halogens is 1. The largest absolute Gasteiger partial charge is 0.314 e. The Labute approximate surface area is 61.4 Å². The summed E-state index contributed by atoms with van der Waals surface area (Å²) in [5.41, 5.74) is 0. The highest BCUT2D eigenvalue weighted by Crippen LogP contribution is 2.11. The smallest absolute Gasteiger partial charge is 0.128 e. The third-order valence-corrected chi connectivity index (χ3v) is 2.04. The van der Waals surface area contributed by atoms with E-state index in [1.54, 1.807) is 0 Å². The predicted molar refractivity (Wildman–Crippen MR) is 39.9 cm³/mol. The second-order valence-corrected chi connectivity index (χ2v) is 3.04. The Morgan fingerprint density at radius 1 is 1.50 bits per heavy atom. The van der Waals surface area contributed by atoms with E-state index in [2.05, 4.69) is 5.32 Å². The summed E-state index contributed by atoms with van der Waals surface area (Å²) in [6.07, 6.45) is 0.234. The van der Waals surface area contributed by atoms with Gasteiger partial charge in [0.25, 0.3) is 0 Å². The average molecular weight is 146 g/mol. The van der Waals surface area contributed by atoms with Crippen molar-refractivity contribution in [3.05, 3.63) is 0 Å². The summed E-state index contributed by atoms with van der Waals surface area (Å²) in [6, 6.07) is 0.126. The molecule has 1 rings (SSSR count). The molecule has 0 aromatic rings. The zero-order chi connectivity index (χ0) is 7.56. The van der Waals surface area contributed by atoms with Crippen molar-refractivity contribution >= 4 is 0 Å². The molecule has 1 heterocycles. The second-order valence-electron chi connectivity index (χ2n) is 3.04. The maximum absolute atomic E-state index is 13.0. The van der Waals surface area contributed by atoms with Crippen LogP contribution in [0.4, 0.5) is 4.39 Å². The van der Waals surface area contributed by atoms with E-state index >= 15 is 0 Å². The molecular weight excluding hydrogens is 131 g/mol. The van der Waals surface area contributed by atoms with E-state index in [-0.39, 0.29) is 6.04 Å². The van der Waals surface area contributed by atoms with Gasteiger partial charge in [0.05, 0.1) is 0 Å². The summed E-state index contributed by atoms with van der Waals surface area (Å²) in [4.78, 5) is 1.96. The summed E-state index contributed by atoms with van der Waals surface area (Å²) in [5.74, 6) is 0. The minimum Gasteiger partial charge on any atom is -0.314 e. The molecule has 10 heavy (non-hydrogen) atoms. The van der Waals surface area contributed by atoms with E-state index in [0.717, 1.165) is 13.0 Å². The van der Waals surface area contributed by atoms with Crippen LogP contribution < -0.4 is 5.32 Å². The summed E-state index contributed by atoms with van der Waals surface area (Å²) in [7, 11) is 3.87. The first-order valence-electron chi connectivity index (χ1n) is 3.73. The fraction of sp³-hybridized carbons (Fsp3) is 1.00. The molecule has 0 saturated carbocycles. The molecule has 3 heteroatoms. The average Bonchev–Trinajstić information content (AvgIpc) is 1.88. The van der Waals surface area contributed by atoms with E-state index in [1.165, 1.54) is 0 Å². The van der Waals surface area contributed by atoms with E-state index in [0.29, 0.717) is 6.54 Å². The molecule has 0 amide bonds. The Morgan fingerprint density at radius 3 is 2.60 bits per heavy atom. The molecule has 0 unspecified atom stereocenters. The van der Waals surface area contributed by atoms with Gasteiger partial charge in [-0.2, -0.15) is 0 Å². The number of rotatable bonds is 1. The monoisotopic (exact) mass is 146 g/mol. The molecule has 0 spiro atoms. The molecule has 1 saturated heterocycles. The minimum atomic E-state index is -0.691. The van der Waals surface area contributed by atoms with Crippen LogP contribution in [0, 0.1) is 0 Å². The van der Waals surface area contributed by atoms with Crippen LogP contribution in [0.5, 0.6) is 0 Å². The molecular formula is C7H15FN2. The van der Waals surface area contributed by atoms with Crippen molar-refractivity contribution in [1.29, 1.82) is 0 Å². The first kappa shape index (κ1) is 7.95. The van der Waals surface area contributed by atoms with Gasteiger partial charge in [-0.05, 0) is 27.1 Å². The standard InChI is InChI=1S/C7H15FN2/c1-10(2)7-3-4-9-5-6(7)8/h6-7,9H,3-5H2,1-2H3/t6-,7+/m1/s1. The Balaban J connectivity index is 2.40. The van der Waals surface area contributed by atoms with Crippen molar-refractivity contribution in [1.82, 2.24) is 10.2 Å². The predicted octanol–water partition coefficient (Wildman–Crippen LogP) is 0.248. The molecule has 0 aliphatic carbocycles. The zero-order valence-corrected chi connectivity index (χ0v) is 6.60. The fourth-order valence-corrected chi connectivity index (χ4v) is 1.39. The Hall–Kier alpha value is -0.150. The third-order valence-electron chi connectivity index (χ3n) is 2.04. The first-order valence-corrected chi connectivity index (χ1v) is 3.73. The number of nitrogens with one attached hydrogen (secondary N) is 1. The van der Waals surface area contributed by atoms with E-state index in [4.69, 9.17) is 0 Å². The van der Waals surface area contributed by atoms with Gasteiger partial charge in [0.2, 0.25) is 0 Å². The highest BCUT2D eigenvalue weighted by atomic mass is 19.1. The second kappa shape index (κ2) is 3.30. The molecule has 1 aliphatic heterocycles. The van der Waals surface area contributed by atoms with Crippen LogP contribution in [0.1, 0.15) is 6.42 Å². The quantitative estimate of drug-likeness (QED) is 0.570. The molecule has 0 bridgehead atoms. The topological polar surface area (TPSA) is 15.3 Å². The molecule has 0 radical (unpaired) electrons. The number of alkyl halides is 1.